The molecular weight excluding hydrogens is 449 g/mol. The number of esters is 2. The highest BCUT2D eigenvalue weighted by atomic mass is 19.4. The maximum absolute atomic E-state index is 13.3. The lowest BCUT2D eigenvalue weighted by atomic mass is 9.87. The average molecular weight is 479 g/mol. The molecule has 184 valence electrons. The molecule has 0 aliphatic heterocycles. The molecule has 1 aliphatic carbocycles. The summed E-state index contributed by atoms with van der Waals surface area (Å²) in [5.74, 6) is -1.50. The number of hydrogen-bond acceptors (Lipinski definition) is 5. The lowest BCUT2D eigenvalue weighted by Gasteiger charge is -2.22. The molecule has 0 aromatic heterocycles. The van der Waals surface area contributed by atoms with Crippen molar-refractivity contribution in [3.8, 4) is 5.75 Å². The Hall–Kier alpha value is -2.87. The molecule has 0 saturated heterocycles. The highest BCUT2D eigenvalue weighted by Crippen LogP contribution is 2.29. The topological polar surface area (TPSA) is 72.8 Å². The normalized spacial score (nSPS) is 16.4. The van der Waals surface area contributed by atoms with Gasteiger partial charge in [-0.05, 0) is 73.6 Å². The SMILES string of the molecule is CCCCCC[C@@H](OC(=O)c1ccc(OC(=O)c2cccc3c2CCC(O)C3)cc1)C(F)(F)F. The summed E-state index contributed by atoms with van der Waals surface area (Å²) in [5.41, 5.74) is 2.09. The van der Waals surface area contributed by atoms with Gasteiger partial charge in [0.1, 0.15) is 5.75 Å². The molecule has 0 fully saturated rings. The lowest BCUT2D eigenvalue weighted by molar-refractivity contribution is -0.206. The minimum absolute atomic E-state index is 0.0614. The highest BCUT2D eigenvalue weighted by molar-refractivity contribution is 5.93. The van der Waals surface area contributed by atoms with Crippen LogP contribution >= 0.6 is 0 Å². The molecule has 1 N–H and O–H groups in total. The molecule has 8 heteroatoms. The van der Waals surface area contributed by atoms with Crippen LogP contribution in [0.25, 0.3) is 0 Å². The second-order valence-electron chi connectivity index (χ2n) is 8.54. The zero-order valence-electron chi connectivity index (χ0n) is 19.1. The Balaban J connectivity index is 1.63. The molecule has 0 saturated carbocycles. The first-order valence-electron chi connectivity index (χ1n) is 11.6. The molecule has 5 nitrogen and oxygen atoms in total. The molecule has 0 bridgehead atoms. The van der Waals surface area contributed by atoms with E-state index in [1.54, 1.807) is 12.1 Å². The predicted molar refractivity (Wildman–Crippen MR) is 120 cm³/mol. The van der Waals surface area contributed by atoms with Gasteiger partial charge in [-0.25, -0.2) is 9.59 Å². The van der Waals surface area contributed by atoms with Gasteiger partial charge >= 0.3 is 18.1 Å². The molecule has 2 aromatic carbocycles. The van der Waals surface area contributed by atoms with Gasteiger partial charge in [0.25, 0.3) is 0 Å². The molecule has 2 aromatic rings. The van der Waals surface area contributed by atoms with E-state index in [0.717, 1.165) is 24.0 Å². The van der Waals surface area contributed by atoms with E-state index in [-0.39, 0.29) is 17.7 Å². The van der Waals surface area contributed by atoms with Crippen molar-refractivity contribution in [2.75, 3.05) is 0 Å². The monoisotopic (exact) mass is 478 g/mol. The number of aliphatic hydroxyl groups excluding tert-OH is 1. The zero-order chi connectivity index (χ0) is 24.7. The summed E-state index contributed by atoms with van der Waals surface area (Å²) in [6.07, 6.45) is -3.21. The third kappa shape index (κ3) is 6.82. The predicted octanol–water partition coefficient (Wildman–Crippen LogP) is 5.81. The van der Waals surface area contributed by atoms with Crippen LogP contribution in [-0.4, -0.2) is 35.4 Å². The molecule has 0 amide bonds. The van der Waals surface area contributed by atoms with Crippen molar-refractivity contribution in [1.29, 1.82) is 0 Å². The van der Waals surface area contributed by atoms with Crippen LogP contribution in [0.5, 0.6) is 5.75 Å². The molecular formula is C26H29F3O5. The number of halogens is 3. The molecule has 2 atom stereocenters. The Labute approximate surface area is 196 Å². The Morgan fingerprint density at radius 3 is 2.47 bits per heavy atom. The van der Waals surface area contributed by atoms with Crippen molar-refractivity contribution in [3.05, 3.63) is 64.7 Å². The van der Waals surface area contributed by atoms with E-state index in [1.807, 2.05) is 13.0 Å². The quantitative estimate of drug-likeness (QED) is 0.280. The van der Waals surface area contributed by atoms with Gasteiger partial charge < -0.3 is 14.6 Å². The smallest absolute Gasteiger partial charge is 0.425 e. The number of benzene rings is 2. The Bertz CT molecular complexity index is 985. The lowest BCUT2D eigenvalue weighted by Crippen LogP contribution is -2.33. The van der Waals surface area contributed by atoms with Crippen LogP contribution in [-0.2, 0) is 17.6 Å². The van der Waals surface area contributed by atoms with Crippen molar-refractivity contribution in [3.63, 3.8) is 0 Å². The number of rotatable bonds is 9. The number of unbranched alkanes of at least 4 members (excludes halogenated alkanes) is 3. The molecule has 34 heavy (non-hydrogen) atoms. The van der Waals surface area contributed by atoms with Crippen LogP contribution in [0.4, 0.5) is 13.2 Å². The molecule has 0 radical (unpaired) electrons. The molecule has 0 spiro atoms. The summed E-state index contributed by atoms with van der Waals surface area (Å²) < 4.78 is 50.0. The van der Waals surface area contributed by atoms with E-state index < -0.39 is 30.3 Å². The fourth-order valence-electron chi connectivity index (χ4n) is 4.04. The summed E-state index contributed by atoms with van der Waals surface area (Å²) >= 11 is 0. The van der Waals surface area contributed by atoms with Gasteiger partial charge in [-0.15, -0.1) is 0 Å². The van der Waals surface area contributed by atoms with E-state index in [9.17, 15) is 27.9 Å². The minimum Gasteiger partial charge on any atom is -0.449 e. The van der Waals surface area contributed by atoms with Crippen molar-refractivity contribution in [1.82, 2.24) is 0 Å². The fraction of sp³-hybridized carbons (Fsp3) is 0.462. The number of ether oxygens (including phenoxy) is 2. The van der Waals surface area contributed by atoms with Crippen LogP contribution in [0.3, 0.4) is 0 Å². The summed E-state index contributed by atoms with van der Waals surface area (Å²) in [7, 11) is 0. The summed E-state index contributed by atoms with van der Waals surface area (Å²) in [5, 5.41) is 9.84. The third-order valence-corrected chi connectivity index (χ3v) is 5.91. The van der Waals surface area contributed by atoms with E-state index in [4.69, 9.17) is 9.47 Å². The summed E-state index contributed by atoms with van der Waals surface area (Å²) in [6.45, 7) is 1.96. The Kier molecular flexibility index (Phi) is 8.72. The average Bonchev–Trinajstić information content (AvgIpc) is 2.80. The highest BCUT2D eigenvalue weighted by Gasteiger charge is 2.42. The maximum atomic E-state index is 13.3. The summed E-state index contributed by atoms with van der Waals surface area (Å²) in [4.78, 5) is 25.0. The van der Waals surface area contributed by atoms with Crippen molar-refractivity contribution >= 4 is 11.9 Å². The molecule has 3 rings (SSSR count). The molecule has 1 aliphatic rings. The first kappa shape index (κ1) is 25.7. The zero-order valence-corrected chi connectivity index (χ0v) is 19.1. The van der Waals surface area contributed by atoms with Gasteiger partial charge in [0.2, 0.25) is 0 Å². The number of aliphatic hydroxyl groups is 1. The van der Waals surface area contributed by atoms with Gasteiger partial charge in [-0.2, -0.15) is 13.2 Å². The number of carbonyl (C=O) groups excluding carboxylic acids is 2. The van der Waals surface area contributed by atoms with E-state index in [2.05, 4.69) is 0 Å². The van der Waals surface area contributed by atoms with Crippen LogP contribution in [0.1, 0.15) is 77.3 Å². The Morgan fingerprint density at radius 2 is 1.79 bits per heavy atom. The second kappa shape index (κ2) is 11.5. The number of fused-ring (bicyclic) bond motifs is 1. The number of hydrogen-bond donors (Lipinski definition) is 1. The number of alkyl halides is 3. The van der Waals surface area contributed by atoms with Crippen molar-refractivity contribution in [2.45, 2.75) is 76.7 Å². The fourth-order valence-corrected chi connectivity index (χ4v) is 4.04. The van der Waals surface area contributed by atoms with Crippen LogP contribution in [0, 0.1) is 0 Å². The van der Waals surface area contributed by atoms with E-state index in [1.165, 1.54) is 24.3 Å². The maximum Gasteiger partial charge on any atom is 0.425 e. The van der Waals surface area contributed by atoms with Gasteiger partial charge in [0.15, 0.2) is 6.10 Å². The standard InChI is InChI=1S/C26H29F3O5/c1-2-3-4-5-9-23(26(27,28)29)34-24(31)17-10-13-20(14-11-17)33-25(32)22-8-6-7-18-16-19(30)12-15-21(18)22/h6-8,10-11,13-14,19,23,30H,2-5,9,12,15-16H2,1H3/t19?,23-/m1/s1. The van der Waals surface area contributed by atoms with E-state index >= 15 is 0 Å². The Morgan fingerprint density at radius 1 is 1.06 bits per heavy atom. The van der Waals surface area contributed by atoms with Crippen LogP contribution in [0.15, 0.2) is 42.5 Å². The van der Waals surface area contributed by atoms with Crippen molar-refractivity contribution < 1.29 is 37.3 Å². The van der Waals surface area contributed by atoms with Crippen molar-refractivity contribution in [2.24, 2.45) is 0 Å². The second-order valence-corrected chi connectivity index (χ2v) is 8.54. The van der Waals surface area contributed by atoms with Crippen LogP contribution in [0.2, 0.25) is 0 Å². The number of carbonyl (C=O) groups is 2. The van der Waals surface area contributed by atoms with Gasteiger partial charge in [0.05, 0.1) is 17.2 Å². The first-order valence-corrected chi connectivity index (χ1v) is 11.6. The minimum atomic E-state index is -4.64. The summed E-state index contributed by atoms with van der Waals surface area (Å²) in [6, 6.07) is 10.5. The van der Waals surface area contributed by atoms with Gasteiger partial charge in [-0.3, -0.25) is 0 Å². The largest absolute Gasteiger partial charge is 0.449 e. The van der Waals surface area contributed by atoms with Gasteiger partial charge in [0, 0.05) is 0 Å². The molecule has 0 heterocycles. The first-order chi connectivity index (χ1) is 16.2. The molecule has 1 unspecified atom stereocenters. The van der Waals surface area contributed by atoms with Gasteiger partial charge in [-0.1, -0.05) is 38.3 Å². The van der Waals surface area contributed by atoms with E-state index in [0.29, 0.717) is 37.7 Å². The third-order valence-electron chi connectivity index (χ3n) is 5.91. The van der Waals surface area contributed by atoms with Crippen LogP contribution < -0.4 is 4.74 Å².